The molecule has 0 aromatic heterocycles. The summed E-state index contributed by atoms with van der Waals surface area (Å²) >= 11 is 0. The molecule has 1 aliphatic rings. The number of ether oxygens (including phenoxy) is 1. The van der Waals surface area contributed by atoms with Crippen LogP contribution in [0.5, 0.6) is 5.75 Å². The summed E-state index contributed by atoms with van der Waals surface area (Å²) in [6.07, 6.45) is 2.22. The molecule has 2 atom stereocenters. The van der Waals surface area contributed by atoms with Gasteiger partial charge in [-0.15, -0.1) is 0 Å². The molecule has 8 heteroatoms. The average Bonchev–Trinajstić information content (AvgIpc) is 3.07. The molecule has 0 spiro atoms. The average molecular weight is 510 g/mol. The number of hydrogen-bond acceptors (Lipinski definition) is 1. The van der Waals surface area contributed by atoms with E-state index in [9.17, 15) is 30.7 Å². The molecule has 0 amide bonds. The van der Waals surface area contributed by atoms with Gasteiger partial charge in [0.2, 0.25) is 0 Å². The summed E-state index contributed by atoms with van der Waals surface area (Å²) < 4.78 is 102. The minimum atomic E-state index is -4.62. The number of rotatable bonds is 6. The smallest absolute Gasteiger partial charge is 0.429 e. The topological polar surface area (TPSA) is 9.23 Å². The summed E-state index contributed by atoms with van der Waals surface area (Å²) in [5.41, 5.74) is -0.110. The van der Waals surface area contributed by atoms with E-state index in [1.54, 1.807) is 12.1 Å². The number of halogens is 7. The van der Waals surface area contributed by atoms with Gasteiger partial charge in [-0.25, -0.2) is 22.0 Å². The Labute approximate surface area is 204 Å². The Morgan fingerprint density at radius 2 is 1.36 bits per heavy atom. The Kier molecular flexibility index (Phi) is 7.62. The highest BCUT2D eigenvalue weighted by atomic mass is 19.3. The van der Waals surface area contributed by atoms with Crippen molar-refractivity contribution in [3.63, 3.8) is 0 Å². The molecule has 1 saturated carbocycles. The van der Waals surface area contributed by atoms with Gasteiger partial charge in [-0.2, -0.15) is 8.78 Å². The summed E-state index contributed by atoms with van der Waals surface area (Å²) in [7, 11) is 0. The van der Waals surface area contributed by atoms with Crippen LogP contribution in [0.1, 0.15) is 62.5 Å². The van der Waals surface area contributed by atoms with Crippen molar-refractivity contribution in [1.29, 1.82) is 0 Å². The maximum atomic E-state index is 14.7. The third-order valence-electron chi connectivity index (χ3n) is 6.92. The molecule has 0 heterocycles. The van der Waals surface area contributed by atoms with Crippen LogP contribution < -0.4 is 4.74 Å². The Morgan fingerprint density at radius 3 is 1.94 bits per heavy atom. The first-order valence-electron chi connectivity index (χ1n) is 11.9. The van der Waals surface area contributed by atoms with Gasteiger partial charge in [0, 0.05) is 12.1 Å². The van der Waals surface area contributed by atoms with Crippen LogP contribution in [0, 0.1) is 35.0 Å². The fourth-order valence-corrected chi connectivity index (χ4v) is 4.88. The van der Waals surface area contributed by atoms with E-state index in [0.717, 1.165) is 49.3 Å². The maximum Gasteiger partial charge on any atom is 0.432 e. The van der Waals surface area contributed by atoms with Crippen LogP contribution in [-0.2, 0) is 6.11 Å². The molecule has 1 fully saturated rings. The van der Waals surface area contributed by atoms with Crippen molar-refractivity contribution in [2.75, 3.05) is 0 Å². The molecule has 0 N–H and O–H groups in total. The van der Waals surface area contributed by atoms with Gasteiger partial charge in [0.1, 0.15) is 22.9 Å². The van der Waals surface area contributed by atoms with Gasteiger partial charge in [-0.05, 0) is 59.9 Å². The molecule has 0 bridgehead atoms. The summed E-state index contributed by atoms with van der Waals surface area (Å²) in [6.45, 7) is 2.20. The Bertz CT molecular complexity index is 1180. The van der Waals surface area contributed by atoms with E-state index < -0.39 is 46.5 Å². The van der Waals surface area contributed by atoms with Gasteiger partial charge in [0.25, 0.3) is 0 Å². The molecule has 192 valence electrons. The fraction of sp³-hybridized carbons (Fsp3) is 0.357. The molecule has 0 saturated heterocycles. The molecule has 2 unspecified atom stereocenters. The van der Waals surface area contributed by atoms with Crippen LogP contribution in [0.2, 0.25) is 0 Å². The predicted octanol–water partition coefficient (Wildman–Crippen LogP) is 9.25. The van der Waals surface area contributed by atoms with Crippen LogP contribution >= 0.6 is 0 Å². The Morgan fingerprint density at radius 1 is 0.750 bits per heavy atom. The van der Waals surface area contributed by atoms with Crippen molar-refractivity contribution in [3.05, 3.63) is 88.7 Å². The minimum absolute atomic E-state index is 0.0434. The van der Waals surface area contributed by atoms with E-state index in [0.29, 0.717) is 11.5 Å². The van der Waals surface area contributed by atoms with E-state index in [1.807, 2.05) is 12.1 Å². The highest BCUT2D eigenvalue weighted by Gasteiger charge is 2.41. The van der Waals surface area contributed by atoms with Crippen molar-refractivity contribution < 1.29 is 35.5 Å². The third-order valence-corrected chi connectivity index (χ3v) is 6.92. The lowest BCUT2D eigenvalue weighted by atomic mass is 9.89. The largest absolute Gasteiger partial charge is 0.432 e. The van der Waals surface area contributed by atoms with Gasteiger partial charge in [-0.1, -0.05) is 50.5 Å². The molecular formula is C28H25F7O. The molecule has 0 radical (unpaired) electrons. The molecule has 4 rings (SSSR count). The predicted molar refractivity (Wildman–Crippen MR) is 122 cm³/mol. The fourth-order valence-electron chi connectivity index (χ4n) is 4.88. The van der Waals surface area contributed by atoms with Crippen LogP contribution in [0.3, 0.4) is 0 Å². The summed E-state index contributed by atoms with van der Waals surface area (Å²) in [5.74, 6) is -8.64. The zero-order valence-electron chi connectivity index (χ0n) is 19.6. The highest BCUT2D eigenvalue weighted by Crippen LogP contribution is 2.39. The summed E-state index contributed by atoms with van der Waals surface area (Å²) in [6, 6.07) is 9.00. The minimum Gasteiger partial charge on any atom is -0.429 e. The van der Waals surface area contributed by atoms with Crippen molar-refractivity contribution in [3.8, 4) is 16.9 Å². The van der Waals surface area contributed by atoms with Gasteiger partial charge in [0.15, 0.2) is 17.5 Å². The monoisotopic (exact) mass is 510 g/mol. The SMILES string of the molecule is CCC1CCCC(c2ccc(-c3cc(F)c(C(F)(F)Oc4cc(F)c(F)c(F)c4)c(F)c3)cc2)CC1. The highest BCUT2D eigenvalue weighted by molar-refractivity contribution is 5.64. The first kappa shape index (κ1) is 26.0. The van der Waals surface area contributed by atoms with Gasteiger partial charge in [0.05, 0.1) is 0 Å². The first-order valence-corrected chi connectivity index (χ1v) is 11.9. The van der Waals surface area contributed by atoms with E-state index >= 15 is 0 Å². The van der Waals surface area contributed by atoms with E-state index in [2.05, 4.69) is 11.7 Å². The molecule has 36 heavy (non-hydrogen) atoms. The second-order valence-corrected chi connectivity index (χ2v) is 9.24. The standard InChI is InChI=1S/C28H25F7O/c1-2-16-4-3-5-17(7-6-16)18-8-10-19(11-9-18)20-12-22(29)26(23(30)13-20)28(34,35)36-21-14-24(31)27(33)25(32)15-21/h8-17H,2-7H2,1H3. The van der Waals surface area contributed by atoms with Crippen LogP contribution in [0.25, 0.3) is 11.1 Å². The normalized spacial score (nSPS) is 18.7. The lowest BCUT2D eigenvalue weighted by molar-refractivity contribution is -0.189. The lowest BCUT2D eigenvalue weighted by Crippen LogP contribution is -2.25. The number of alkyl halides is 2. The Balaban J connectivity index is 1.55. The van der Waals surface area contributed by atoms with Crippen LogP contribution in [0.15, 0.2) is 48.5 Å². The van der Waals surface area contributed by atoms with Crippen LogP contribution in [-0.4, -0.2) is 0 Å². The van der Waals surface area contributed by atoms with Gasteiger partial charge < -0.3 is 4.74 Å². The molecule has 1 nitrogen and oxygen atoms in total. The van der Waals surface area contributed by atoms with E-state index in [-0.39, 0.29) is 17.7 Å². The number of benzene rings is 3. The molecule has 0 aliphatic heterocycles. The Hall–Kier alpha value is -3.03. The zero-order chi connectivity index (χ0) is 26.0. The molecule has 1 aliphatic carbocycles. The number of hydrogen-bond donors (Lipinski definition) is 0. The molecular weight excluding hydrogens is 485 g/mol. The van der Waals surface area contributed by atoms with Crippen molar-refractivity contribution in [2.24, 2.45) is 5.92 Å². The van der Waals surface area contributed by atoms with Crippen molar-refractivity contribution in [2.45, 2.75) is 57.5 Å². The zero-order valence-corrected chi connectivity index (χ0v) is 19.6. The second kappa shape index (κ2) is 10.5. The summed E-state index contributed by atoms with van der Waals surface area (Å²) in [5, 5.41) is 0. The van der Waals surface area contributed by atoms with Crippen molar-refractivity contribution >= 4 is 0 Å². The lowest BCUT2D eigenvalue weighted by Gasteiger charge is -2.20. The van der Waals surface area contributed by atoms with E-state index in [1.165, 1.54) is 12.8 Å². The molecule has 3 aromatic carbocycles. The van der Waals surface area contributed by atoms with E-state index in [4.69, 9.17) is 0 Å². The molecule has 3 aromatic rings. The second-order valence-electron chi connectivity index (χ2n) is 9.24. The summed E-state index contributed by atoms with van der Waals surface area (Å²) in [4.78, 5) is 0. The van der Waals surface area contributed by atoms with Gasteiger partial charge >= 0.3 is 6.11 Å². The third kappa shape index (κ3) is 5.52. The first-order chi connectivity index (χ1) is 17.1. The van der Waals surface area contributed by atoms with Crippen molar-refractivity contribution in [1.82, 2.24) is 0 Å². The van der Waals surface area contributed by atoms with Gasteiger partial charge in [-0.3, -0.25) is 0 Å². The van der Waals surface area contributed by atoms with Crippen LogP contribution in [0.4, 0.5) is 30.7 Å². The quantitative estimate of drug-likeness (QED) is 0.182. The maximum absolute atomic E-state index is 14.7.